The number of rotatable bonds is 3. The highest BCUT2D eigenvalue weighted by molar-refractivity contribution is 6.35. The predicted molar refractivity (Wildman–Crippen MR) is 144 cm³/mol. The van der Waals surface area contributed by atoms with E-state index in [1.807, 2.05) is 117 Å². The van der Waals surface area contributed by atoms with E-state index in [4.69, 9.17) is 0 Å². The summed E-state index contributed by atoms with van der Waals surface area (Å²) in [5, 5.41) is 1.81. The summed E-state index contributed by atoms with van der Waals surface area (Å²) >= 11 is 0. The summed E-state index contributed by atoms with van der Waals surface area (Å²) in [7, 11) is 0. The summed E-state index contributed by atoms with van der Waals surface area (Å²) in [5.74, 6) is -2.11. The molecule has 2 fully saturated rings. The van der Waals surface area contributed by atoms with E-state index in [0.29, 0.717) is 5.69 Å². The van der Waals surface area contributed by atoms with E-state index >= 15 is 0 Å². The summed E-state index contributed by atoms with van der Waals surface area (Å²) in [6, 6.07) is 33.1. The molecule has 4 heteroatoms. The van der Waals surface area contributed by atoms with Crippen LogP contribution in [0.5, 0.6) is 0 Å². The zero-order chi connectivity index (χ0) is 25.5. The summed E-state index contributed by atoms with van der Waals surface area (Å²) in [5.41, 5.74) is 1.94. The third kappa shape index (κ3) is 2.55. The van der Waals surface area contributed by atoms with Crippen molar-refractivity contribution in [3.8, 4) is 0 Å². The van der Waals surface area contributed by atoms with Crippen LogP contribution in [0.4, 0.5) is 5.69 Å². The van der Waals surface area contributed by atoms with Gasteiger partial charge < -0.3 is 0 Å². The molecule has 180 valence electrons. The van der Waals surface area contributed by atoms with Crippen LogP contribution in [0.2, 0.25) is 0 Å². The average molecular weight is 484 g/mol. The lowest BCUT2D eigenvalue weighted by molar-refractivity contribution is -0.133. The van der Waals surface area contributed by atoms with E-state index in [1.54, 1.807) is 0 Å². The second-order valence-electron chi connectivity index (χ2n) is 10.7. The van der Waals surface area contributed by atoms with Crippen molar-refractivity contribution in [3.05, 3.63) is 114 Å². The lowest BCUT2D eigenvalue weighted by Gasteiger charge is -2.35. The van der Waals surface area contributed by atoms with Crippen molar-refractivity contribution in [2.24, 2.45) is 22.7 Å². The van der Waals surface area contributed by atoms with Crippen molar-refractivity contribution in [3.63, 3.8) is 0 Å². The number of benzene rings is 4. The molecule has 0 spiro atoms. The van der Waals surface area contributed by atoms with Crippen LogP contribution in [0.1, 0.15) is 25.0 Å². The smallest absolute Gasteiger partial charge is 0.239 e. The molecule has 0 N–H and O–H groups in total. The number of anilines is 1. The number of ketones is 1. The van der Waals surface area contributed by atoms with Gasteiger partial charge in [0, 0.05) is 5.39 Å². The van der Waals surface area contributed by atoms with Gasteiger partial charge in [0.1, 0.15) is 0 Å². The molecule has 2 amide bonds. The zero-order valence-electron chi connectivity index (χ0n) is 20.6. The quantitative estimate of drug-likeness (QED) is 0.328. The minimum atomic E-state index is -1.11. The average Bonchev–Trinajstić information content (AvgIpc) is 3.38. The minimum Gasteiger partial charge on any atom is -0.298 e. The van der Waals surface area contributed by atoms with Crippen LogP contribution < -0.4 is 4.90 Å². The lowest BCUT2D eigenvalue weighted by Crippen LogP contribution is -2.40. The summed E-state index contributed by atoms with van der Waals surface area (Å²) in [4.78, 5) is 44.3. The molecule has 7 rings (SSSR count). The number of hydrogen-bond donors (Lipinski definition) is 0. The Labute approximate surface area is 215 Å². The molecule has 1 saturated carbocycles. The Kier molecular flexibility index (Phi) is 4.36. The first-order valence-corrected chi connectivity index (χ1v) is 12.7. The maximum absolute atomic E-state index is 14.4. The van der Waals surface area contributed by atoms with Gasteiger partial charge in [-0.1, -0.05) is 97.1 Å². The van der Waals surface area contributed by atoms with Gasteiger partial charge in [0.15, 0.2) is 5.78 Å². The van der Waals surface area contributed by atoms with Gasteiger partial charge in [-0.3, -0.25) is 14.4 Å². The number of hydrogen-bond acceptors (Lipinski definition) is 3. The second kappa shape index (κ2) is 7.36. The highest BCUT2D eigenvalue weighted by Gasteiger charge is 2.78. The first-order chi connectivity index (χ1) is 17.9. The number of fused-ring (bicyclic) bond motifs is 6. The third-order valence-corrected chi connectivity index (χ3v) is 8.91. The normalized spacial score (nSPS) is 28.5. The highest BCUT2D eigenvalue weighted by atomic mass is 16.2. The van der Waals surface area contributed by atoms with Crippen molar-refractivity contribution in [1.29, 1.82) is 0 Å². The SMILES string of the molecule is CC12C(=O)C(C)(C(c3ccccc3)=C1c1ccccc1)C1C(=O)N(c3cccc4ccccc34)C(=O)C12. The molecule has 4 aromatic rings. The van der Waals surface area contributed by atoms with Crippen LogP contribution >= 0.6 is 0 Å². The van der Waals surface area contributed by atoms with Crippen molar-refractivity contribution in [2.45, 2.75) is 13.8 Å². The molecule has 1 saturated heterocycles. The largest absolute Gasteiger partial charge is 0.298 e. The van der Waals surface area contributed by atoms with Crippen molar-refractivity contribution in [2.75, 3.05) is 4.90 Å². The maximum atomic E-state index is 14.4. The highest BCUT2D eigenvalue weighted by Crippen LogP contribution is 2.73. The topological polar surface area (TPSA) is 54.5 Å². The van der Waals surface area contributed by atoms with E-state index in [2.05, 4.69) is 0 Å². The lowest BCUT2D eigenvalue weighted by atomic mass is 9.63. The molecule has 4 unspecified atom stereocenters. The number of carbonyl (C=O) groups is 3. The van der Waals surface area contributed by atoms with Crippen molar-refractivity contribution in [1.82, 2.24) is 0 Å². The molecule has 2 aliphatic carbocycles. The van der Waals surface area contributed by atoms with E-state index in [9.17, 15) is 14.4 Å². The minimum absolute atomic E-state index is 0.0352. The van der Waals surface area contributed by atoms with Gasteiger partial charge in [0.05, 0.1) is 28.4 Å². The Morgan fingerprint density at radius 1 is 0.568 bits per heavy atom. The second-order valence-corrected chi connectivity index (χ2v) is 10.7. The van der Waals surface area contributed by atoms with Gasteiger partial charge in [0.2, 0.25) is 11.8 Å². The Morgan fingerprint density at radius 3 is 1.57 bits per heavy atom. The van der Waals surface area contributed by atoms with Gasteiger partial charge in [-0.15, -0.1) is 0 Å². The van der Waals surface area contributed by atoms with Gasteiger partial charge in [-0.25, -0.2) is 4.90 Å². The van der Waals surface area contributed by atoms with Crippen LogP contribution in [-0.2, 0) is 14.4 Å². The number of Topliss-reactive ketones (excluding diaryl/α,β-unsaturated/α-hetero) is 1. The van der Waals surface area contributed by atoms with E-state index < -0.39 is 22.7 Å². The molecule has 4 aromatic carbocycles. The molecule has 4 nitrogen and oxygen atoms in total. The molecule has 0 aromatic heterocycles. The molecule has 0 radical (unpaired) electrons. The van der Waals surface area contributed by atoms with E-state index in [1.165, 1.54) is 4.90 Å². The van der Waals surface area contributed by atoms with E-state index in [-0.39, 0.29) is 17.6 Å². The monoisotopic (exact) mass is 483 g/mol. The summed E-state index contributed by atoms with van der Waals surface area (Å²) < 4.78 is 0. The maximum Gasteiger partial charge on any atom is 0.239 e. The van der Waals surface area contributed by atoms with Crippen LogP contribution in [0.3, 0.4) is 0 Å². The molecule has 37 heavy (non-hydrogen) atoms. The van der Waals surface area contributed by atoms with Gasteiger partial charge in [0.25, 0.3) is 0 Å². The first kappa shape index (κ1) is 21.9. The molecule has 2 bridgehead atoms. The molecular formula is C33H25NO3. The van der Waals surface area contributed by atoms with Crippen molar-refractivity contribution < 1.29 is 14.4 Å². The molecule has 4 atom stereocenters. The fourth-order valence-electron chi connectivity index (χ4n) is 7.45. The van der Waals surface area contributed by atoms with Gasteiger partial charge in [-0.05, 0) is 47.6 Å². The van der Waals surface area contributed by atoms with E-state index in [0.717, 1.165) is 33.0 Å². The molecular weight excluding hydrogens is 458 g/mol. The predicted octanol–water partition coefficient (Wildman–Crippen LogP) is 6.17. The number of carbonyl (C=O) groups excluding carboxylic acids is 3. The zero-order valence-corrected chi connectivity index (χ0v) is 20.6. The molecule has 1 aliphatic heterocycles. The van der Waals surface area contributed by atoms with Crippen LogP contribution in [0, 0.1) is 22.7 Å². The number of nitrogens with zero attached hydrogens (tertiary/aromatic N) is 1. The summed E-state index contributed by atoms with van der Waals surface area (Å²) in [6.07, 6.45) is 0. The Balaban J connectivity index is 1.49. The Hall–Kier alpha value is -4.31. The van der Waals surface area contributed by atoms with Gasteiger partial charge >= 0.3 is 0 Å². The number of imide groups is 1. The summed E-state index contributed by atoms with van der Waals surface area (Å²) in [6.45, 7) is 3.77. The Morgan fingerprint density at radius 2 is 1.03 bits per heavy atom. The fourth-order valence-corrected chi connectivity index (χ4v) is 7.45. The molecule has 3 aliphatic rings. The molecule has 1 heterocycles. The Bertz CT molecular complexity index is 1580. The van der Waals surface area contributed by atoms with Crippen LogP contribution in [0.15, 0.2) is 103 Å². The third-order valence-electron chi connectivity index (χ3n) is 8.91. The number of amides is 2. The van der Waals surface area contributed by atoms with Crippen molar-refractivity contribution >= 4 is 45.2 Å². The van der Waals surface area contributed by atoms with Crippen LogP contribution in [-0.4, -0.2) is 17.6 Å². The fraction of sp³-hybridized carbons (Fsp3) is 0.182. The standard InChI is InChI=1S/C33H25NO3/c1-32-25(21-13-5-3-6-14-21)26(22-15-7-4-8-16-22)33(2,31(32)37)28-27(32)29(35)34(30(28)36)24-19-11-17-20-12-9-10-18-23(20)24/h3-19,27-28H,1-2H3. The van der Waals surface area contributed by atoms with Crippen LogP contribution in [0.25, 0.3) is 21.9 Å². The first-order valence-electron chi connectivity index (χ1n) is 12.7. The number of allylic oxidation sites excluding steroid dienone is 2. The van der Waals surface area contributed by atoms with Gasteiger partial charge in [-0.2, -0.15) is 0 Å².